The van der Waals surface area contributed by atoms with Crippen molar-refractivity contribution < 1.29 is 9.53 Å². The summed E-state index contributed by atoms with van der Waals surface area (Å²) in [6.45, 7) is 6.89. The molecule has 5 nitrogen and oxygen atoms in total. The number of fused-ring (bicyclic) bond motifs is 1. The number of hydrogen-bond donors (Lipinski definition) is 1. The molecule has 1 amide bonds. The Kier molecular flexibility index (Phi) is 6.84. The van der Waals surface area contributed by atoms with Crippen LogP contribution in [0.2, 0.25) is 0 Å². The lowest BCUT2D eigenvalue weighted by atomic mass is 9.87. The Balaban J connectivity index is 1.39. The van der Waals surface area contributed by atoms with Gasteiger partial charge in [0.2, 0.25) is 5.91 Å². The Morgan fingerprint density at radius 2 is 1.88 bits per heavy atom. The van der Waals surface area contributed by atoms with Crippen LogP contribution < -0.4 is 5.32 Å². The van der Waals surface area contributed by atoms with Gasteiger partial charge in [0.05, 0.1) is 12.6 Å². The van der Waals surface area contributed by atoms with Crippen molar-refractivity contribution in [2.24, 2.45) is 0 Å². The highest BCUT2D eigenvalue weighted by atomic mass is 16.5. The lowest BCUT2D eigenvalue weighted by Crippen LogP contribution is -2.48. The molecule has 1 unspecified atom stereocenters. The van der Waals surface area contributed by atoms with E-state index < -0.39 is 0 Å². The van der Waals surface area contributed by atoms with Gasteiger partial charge in [-0.15, -0.1) is 0 Å². The summed E-state index contributed by atoms with van der Waals surface area (Å²) in [6.07, 6.45) is 3.94. The summed E-state index contributed by atoms with van der Waals surface area (Å²) < 4.78 is 5.14. The highest BCUT2D eigenvalue weighted by Gasteiger charge is 2.22. The number of methoxy groups -OCH3 is 1. The SMILES string of the molecule is COCCN1CCN(CCC(=O)NC2CCCc3ccccc32)CC1. The van der Waals surface area contributed by atoms with Gasteiger partial charge in [-0.1, -0.05) is 24.3 Å². The molecule has 0 radical (unpaired) electrons. The average molecular weight is 345 g/mol. The predicted octanol–water partition coefficient (Wildman–Crippen LogP) is 1.83. The molecule has 1 fully saturated rings. The lowest BCUT2D eigenvalue weighted by molar-refractivity contribution is -0.122. The van der Waals surface area contributed by atoms with Gasteiger partial charge in [0.25, 0.3) is 0 Å². The van der Waals surface area contributed by atoms with Gasteiger partial charge in [0, 0.05) is 52.8 Å². The average Bonchev–Trinajstić information content (AvgIpc) is 2.66. The minimum Gasteiger partial charge on any atom is -0.383 e. The van der Waals surface area contributed by atoms with Crippen LogP contribution in [0.3, 0.4) is 0 Å². The molecule has 138 valence electrons. The summed E-state index contributed by atoms with van der Waals surface area (Å²) in [5, 5.41) is 3.26. The molecule has 2 aliphatic rings. The lowest BCUT2D eigenvalue weighted by Gasteiger charge is -2.34. The van der Waals surface area contributed by atoms with E-state index in [-0.39, 0.29) is 11.9 Å². The van der Waals surface area contributed by atoms with Crippen molar-refractivity contribution >= 4 is 5.91 Å². The molecule has 0 bridgehead atoms. The summed E-state index contributed by atoms with van der Waals surface area (Å²) in [5.41, 5.74) is 2.71. The summed E-state index contributed by atoms with van der Waals surface area (Å²) in [6, 6.07) is 8.72. The molecule has 25 heavy (non-hydrogen) atoms. The van der Waals surface area contributed by atoms with Crippen molar-refractivity contribution in [3.63, 3.8) is 0 Å². The zero-order chi connectivity index (χ0) is 17.5. The summed E-state index contributed by atoms with van der Waals surface area (Å²) in [4.78, 5) is 17.2. The second kappa shape index (κ2) is 9.32. The van der Waals surface area contributed by atoms with Gasteiger partial charge < -0.3 is 15.0 Å². The Morgan fingerprint density at radius 1 is 1.16 bits per heavy atom. The number of hydrogen-bond acceptors (Lipinski definition) is 4. The first-order valence-corrected chi connectivity index (χ1v) is 9.57. The first kappa shape index (κ1) is 18.4. The molecule has 3 rings (SSSR count). The number of rotatable bonds is 7. The maximum Gasteiger partial charge on any atom is 0.221 e. The largest absolute Gasteiger partial charge is 0.383 e. The number of carbonyl (C=O) groups excluding carboxylic acids is 1. The summed E-state index contributed by atoms with van der Waals surface area (Å²) in [5.74, 6) is 0.184. The van der Waals surface area contributed by atoms with E-state index in [9.17, 15) is 4.79 Å². The molecule has 1 aromatic rings. The maximum atomic E-state index is 12.4. The minimum absolute atomic E-state index is 0.184. The Morgan fingerprint density at radius 3 is 2.64 bits per heavy atom. The van der Waals surface area contributed by atoms with Crippen LogP contribution in [0.25, 0.3) is 0 Å². The molecular weight excluding hydrogens is 314 g/mol. The van der Waals surface area contributed by atoms with Crippen LogP contribution in [0, 0.1) is 0 Å². The standard InChI is InChI=1S/C20H31N3O2/c1-25-16-15-23-13-11-22(12-14-23)10-9-20(24)21-19-8-4-6-17-5-2-3-7-18(17)19/h2-3,5,7,19H,4,6,8-16H2,1H3,(H,21,24). The predicted molar refractivity (Wildman–Crippen MR) is 99.6 cm³/mol. The van der Waals surface area contributed by atoms with Crippen LogP contribution in [0.1, 0.15) is 36.4 Å². The second-order valence-corrected chi connectivity index (χ2v) is 7.14. The molecule has 0 spiro atoms. The third kappa shape index (κ3) is 5.27. The van der Waals surface area contributed by atoms with Crippen molar-refractivity contribution in [2.45, 2.75) is 31.7 Å². The first-order valence-electron chi connectivity index (χ1n) is 9.57. The van der Waals surface area contributed by atoms with Gasteiger partial charge in [-0.3, -0.25) is 9.69 Å². The zero-order valence-electron chi connectivity index (χ0n) is 15.4. The van der Waals surface area contributed by atoms with Gasteiger partial charge in [0.15, 0.2) is 0 Å². The molecule has 0 aromatic heterocycles. The molecule has 1 heterocycles. The van der Waals surface area contributed by atoms with Crippen molar-refractivity contribution in [1.82, 2.24) is 15.1 Å². The van der Waals surface area contributed by atoms with E-state index in [1.165, 1.54) is 11.1 Å². The molecule has 1 N–H and O–H groups in total. The van der Waals surface area contributed by atoms with Crippen LogP contribution in [0.15, 0.2) is 24.3 Å². The molecular formula is C20H31N3O2. The fourth-order valence-electron chi connectivity index (χ4n) is 3.89. The van der Waals surface area contributed by atoms with Gasteiger partial charge in [0.1, 0.15) is 0 Å². The second-order valence-electron chi connectivity index (χ2n) is 7.14. The van der Waals surface area contributed by atoms with Crippen LogP contribution in [-0.4, -0.2) is 68.7 Å². The quantitative estimate of drug-likeness (QED) is 0.819. The van der Waals surface area contributed by atoms with E-state index in [0.717, 1.165) is 65.1 Å². The van der Waals surface area contributed by atoms with E-state index in [4.69, 9.17) is 4.74 Å². The van der Waals surface area contributed by atoms with Crippen LogP contribution >= 0.6 is 0 Å². The number of piperazine rings is 1. The Hall–Kier alpha value is -1.43. The highest BCUT2D eigenvalue weighted by molar-refractivity contribution is 5.76. The first-order chi connectivity index (χ1) is 12.3. The van der Waals surface area contributed by atoms with Crippen molar-refractivity contribution in [2.75, 3.05) is 53.0 Å². The number of benzene rings is 1. The smallest absolute Gasteiger partial charge is 0.221 e. The van der Waals surface area contributed by atoms with Gasteiger partial charge in [-0.2, -0.15) is 0 Å². The van der Waals surface area contributed by atoms with E-state index in [1.54, 1.807) is 7.11 Å². The Bertz CT molecular complexity index is 556. The minimum atomic E-state index is 0.184. The van der Waals surface area contributed by atoms with Crippen LogP contribution in [0.4, 0.5) is 0 Å². The normalized spacial score (nSPS) is 21.7. The number of aryl methyl sites for hydroxylation is 1. The fraction of sp³-hybridized carbons (Fsp3) is 0.650. The topological polar surface area (TPSA) is 44.8 Å². The molecule has 1 saturated heterocycles. The van der Waals surface area contributed by atoms with E-state index in [0.29, 0.717) is 6.42 Å². The third-order valence-electron chi connectivity index (χ3n) is 5.44. The van der Waals surface area contributed by atoms with E-state index in [2.05, 4.69) is 39.4 Å². The number of nitrogens with zero attached hydrogens (tertiary/aromatic N) is 2. The summed E-state index contributed by atoms with van der Waals surface area (Å²) in [7, 11) is 1.75. The zero-order valence-corrected chi connectivity index (χ0v) is 15.4. The maximum absolute atomic E-state index is 12.4. The monoisotopic (exact) mass is 345 g/mol. The van der Waals surface area contributed by atoms with Crippen molar-refractivity contribution in [3.8, 4) is 0 Å². The third-order valence-corrected chi connectivity index (χ3v) is 5.44. The van der Waals surface area contributed by atoms with Gasteiger partial charge >= 0.3 is 0 Å². The molecule has 1 aliphatic heterocycles. The Labute approximate surface area is 151 Å². The number of nitrogens with one attached hydrogen (secondary N) is 1. The molecule has 1 aromatic carbocycles. The van der Waals surface area contributed by atoms with E-state index >= 15 is 0 Å². The van der Waals surface area contributed by atoms with Crippen molar-refractivity contribution in [1.29, 1.82) is 0 Å². The van der Waals surface area contributed by atoms with Gasteiger partial charge in [-0.05, 0) is 30.4 Å². The molecule has 1 atom stereocenters. The van der Waals surface area contributed by atoms with Crippen LogP contribution in [-0.2, 0) is 16.0 Å². The van der Waals surface area contributed by atoms with Gasteiger partial charge in [-0.25, -0.2) is 0 Å². The van der Waals surface area contributed by atoms with E-state index in [1.807, 2.05) is 0 Å². The highest BCUT2D eigenvalue weighted by Crippen LogP contribution is 2.29. The molecule has 5 heteroatoms. The molecule has 0 saturated carbocycles. The fourth-order valence-corrected chi connectivity index (χ4v) is 3.89. The molecule has 1 aliphatic carbocycles. The number of amides is 1. The van der Waals surface area contributed by atoms with Crippen molar-refractivity contribution in [3.05, 3.63) is 35.4 Å². The van der Waals surface area contributed by atoms with Crippen LogP contribution in [0.5, 0.6) is 0 Å². The summed E-state index contributed by atoms with van der Waals surface area (Å²) >= 11 is 0. The number of ether oxygens (including phenoxy) is 1. The number of carbonyl (C=O) groups is 1.